The molecule has 0 heterocycles. The number of carbonyl (C=O) groups excluding carboxylic acids is 2. The molecule has 0 saturated heterocycles. The number of carbonyl (C=O) groups is 2. The molecule has 0 unspecified atom stereocenters. The second-order valence-electron chi connectivity index (χ2n) is 6.26. The van der Waals surface area contributed by atoms with Crippen molar-refractivity contribution in [2.75, 3.05) is 12.4 Å². The van der Waals surface area contributed by atoms with Gasteiger partial charge in [-0.1, -0.05) is 18.2 Å². The lowest BCUT2D eigenvalue weighted by molar-refractivity contribution is 0.0954. The molecule has 146 valence electrons. The number of nitrogens with one attached hydrogen (secondary N) is 2. The summed E-state index contributed by atoms with van der Waals surface area (Å²) in [5.41, 5.74) is 5.71. The van der Waals surface area contributed by atoms with Gasteiger partial charge >= 0.3 is 0 Å². The van der Waals surface area contributed by atoms with Crippen LogP contribution >= 0.6 is 0 Å². The smallest absolute Gasteiger partial charge is 0.271 e. The van der Waals surface area contributed by atoms with Gasteiger partial charge in [0.05, 0.1) is 12.8 Å². The third kappa shape index (κ3) is 5.29. The Morgan fingerprint density at radius 2 is 1.34 bits per heavy atom. The van der Waals surface area contributed by atoms with E-state index in [2.05, 4.69) is 15.8 Å². The van der Waals surface area contributed by atoms with Crippen LogP contribution in [-0.4, -0.2) is 24.6 Å². The van der Waals surface area contributed by atoms with Crippen molar-refractivity contribution >= 4 is 23.2 Å². The SMILES string of the molecule is COc1ccc(/C(C)=N/NC(=O)c2ccc(NC(=O)c3ccccc3)cc2)cc1. The molecule has 3 aromatic carbocycles. The van der Waals surface area contributed by atoms with Crippen LogP contribution in [0.1, 0.15) is 33.2 Å². The lowest BCUT2D eigenvalue weighted by atomic mass is 10.1. The number of hydrogen-bond donors (Lipinski definition) is 2. The largest absolute Gasteiger partial charge is 0.497 e. The van der Waals surface area contributed by atoms with Gasteiger partial charge in [-0.15, -0.1) is 0 Å². The summed E-state index contributed by atoms with van der Waals surface area (Å²) in [5.74, 6) is 0.214. The normalized spacial score (nSPS) is 10.9. The fourth-order valence-electron chi connectivity index (χ4n) is 2.59. The van der Waals surface area contributed by atoms with Crippen LogP contribution in [0.15, 0.2) is 84.0 Å². The summed E-state index contributed by atoms with van der Waals surface area (Å²) in [4.78, 5) is 24.5. The molecule has 0 atom stereocenters. The number of hydrogen-bond acceptors (Lipinski definition) is 4. The minimum atomic E-state index is -0.334. The second-order valence-corrected chi connectivity index (χ2v) is 6.26. The predicted molar refractivity (Wildman–Crippen MR) is 114 cm³/mol. The summed E-state index contributed by atoms with van der Waals surface area (Å²) in [7, 11) is 1.61. The van der Waals surface area contributed by atoms with E-state index >= 15 is 0 Å². The molecule has 6 nitrogen and oxygen atoms in total. The molecule has 0 spiro atoms. The van der Waals surface area contributed by atoms with Gasteiger partial charge in [-0.05, 0) is 73.2 Å². The van der Waals surface area contributed by atoms with Crippen molar-refractivity contribution in [1.82, 2.24) is 5.43 Å². The van der Waals surface area contributed by atoms with Crippen molar-refractivity contribution < 1.29 is 14.3 Å². The highest BCUT2D eigenvalue weighted by molar-refractivity contribution is 6.04. The summed E-state index contributed by atoms with van der Waals surface area (Å²) in [6, 6.07) is 22.9. The third-order valence-electron chi connectivity index (χ3n) is 4.27. The summed E-state index contributed by atoms with van der Waals surface area (Å²) in [5, 5.41) is 6.94. The first-order chi connectivity index (χ1) is 14.1. The molecule has 3 aromatic rings. The van der Waals surface area contributed by atoms with Gasteiger partial charge in [0, 0.05) is 16.8 Å². The molecule has 0 fully saturated rings. The molecule has 2 amide bonds. The molecule has 0 aromatic heterocycles. The number of ether oxygens (including phenoxy) is 1. The summed E-state index contributed by atoms with van der Waals surface area (Å²) < 4.78 is 5.13. The lowest BCUT2D eigenvalue weighted by Gasteiger charge is -2.07. The number of hydrazone groups is 1. The van der Waals surface area contributed by atoms with Crippen molar-refractivity contribution in [2.45, 2.75) is 6.92 Å². The average molecular weight is 387 g/mol. The zero-order valence-electron chi connectivity index (χ0n) is 16.2. The van der Waals surface area contributed by atoms with E-state index in [0.717, 1.165) is 11.3 Å². The summed E-state index contributed by atoms with van der Waals surface area (Å²) >= 11 is 0. The summed E-state index contributed by atoms with van der Waals surface area (Å²) in [6.45, 7) is 1.81. The van der Waals surface area contributed by atoms with Gasteiger partial charge in [0.25, 0.3) is 11.8 Å². The van der Waals surface area contributed by atoms with Gasteiger partial charge in [0.2, 0.25) is 0 Å². The van der Waals surface area contributed by atoms with Crippen LogP contribution in [0, 0.1) is 0 Å². The molecule has 6 heteroatoms. The first-order valence-corrected chi connectivity index (χ1v) is 9.02. The number of nitrogens with zero attached hydrogens (tertiary/aromatic N) is 1. The van der Waals surface area contributed by atoms with Crippen molar-refractivity contribution in [2.24, 2.45) is 5.10 Å². The van der Waals surface area contributed by atoms with Crippen LogP contribution < -0.4 is 15.5 Å². The zero-order chi connectivity index (χ0) is 20.6. The van der Waals surface area contributed by atoms with E-state index < -0.39 is 0 Å². The number of benzene rings is 3. The minimum absolute atomic E-state index is 0.206. The molecule has 0 radical (unpaired) electrons. The topological polar surface area (TPSA) is 79.8 Å². The Morgan fingerprint density at radius 3 is 1.97 bits per heavy atom. The Morgan fingerprint density at radius 1 is 0.759 bits per heavy atom. The fraction of sp³-hybridized carbons (Fsp3) is 0.0870. The first-order valence-electron chi connectivity index (χ1n) is 9.02. The van der Waals surface area contributed by atoms with E-state index in [4.69, 9.17) is 4.74 Å². The monoisotopic (exact) mass is 387 g/mol. The second kappa shape index (κ2) is 9.32. The van der Waals surface area contributed by atoms with Gasteiger partial charge in [-0.2, -0.15) is 5.10 Å². The standard InChI is InChI=1S/C23H21N3O3/c1-16(17-10-14-21(29-2)15-11-17)25-26-23(28)19-8-12-20(13-9-19)24-22(27)18-6-4-3-5-7-18/h3-15H,1-2H3,(H,24,27)(H,26,28)/b25-16+. The van der Waals surface area contributed by atoms with Crippen molar-refractivity contribution in [3.8, 4) is 5.75 Å². The summed E-state index contributed by atoms with van der Waals surface area (Å²) in [6.07, 6.45) is 0. The molecule has 2 N–H and O–H groups in total. The van der Waals surface area contributed by atoms with E-state index in [1.54, 1.807) is 55.6 Å². The number of rotatable bonds is 6. The van der Waals surface area contributed by atoms with Crippen LogP contribution in [0.5, 0.6) is 5.75 Å². The number of anilines is 1. The van der Waals surface area contributed by atoms with Crippen LogP contribution in [0.4, 0.5) is 5.69 Å². The van der Waals surface area contributed by atoms with Gasteiger partial charge < -0.3 is 10.1 Å². The van der Waals surface area contributed by atoms with Crippen LogP contribution in [0.2, 0.25) is 0 Å². The fourth-order valence-corrected chi connectivity index (χ4v) is 2.59. The van der Waals surface area contributed by atoms with E-state index in [1.807, 2.05) is 37.3 Å². The Hall–Kier alpha value is -3.93. The van der Waals surface area contributed by atoms with Gasteiger partial charge in [-0.3, -0.25) is 9.59 Å². The predicted octanol–water partition coefficient (Wildman–Crippen LogP) is 4.10. The molecular formula is C23H21N3O3. The maximum atomic E-state index is 12.3. The Balaban J connectivity index is 1.60. The van der Waals surface area contributed by atoms with Gasteiger partial charge in [0.15, 0.2) is 0 Å². The van der Waals surface area contributed by atoms with Crippen LogP contribution in [-0.2, 0) is 0 Å². The van der Waals surface area contributed by atoms with E-state index in [1.165, 1.54) is 0 Å². The van der Waals surface area contributed by atoms with E-state index in [0.29, 0.717) is 22.5 Å². The zero-order valence-corrected chi connectivity index (χ0v) is 16.2. The Labute approximate surface area is 169 Å². The molecular weight excluding hydrogens is 366 g/mol. The lowest BCUT2D eigenvalue weighted by Crippen LogP contribution is -2.19. The minimum Gasteiger partial charge on any atom is -0.497 e. The molecule has 0 bridgehead atoms. The quantitative estimate of drug-likeness (QED) is 0.494. The molecule has 0 aliphatic rings. The van der Waals surface area contributed by atoms with Gasteiger partial charge in [-0.25, -0.2) is 5.43 Å². The number of methoxy groups -OCH3 is 1. The molecule has 0 aliphatic heterocycles. The molecule has 3 rings (SSSR count). The first kappa shape index (κ1) is 19.8. The average Bonchev–Trinajstić information content (AvgIpc) is 2.78. The number of amides is 2. The molecule has 0 aliphatic carbocycles. The van der Waals surface area contributed by atoms with E-state index in [-0.39, 0.29) is 11.8 Å². The van der Waals surface area contributed by atoms with Crippen molar-refractivity contribution in [3.05, 3.63) is 95.6 Å². The van der Waals surface area contributed by atoms with E-state index in [9.17, 15) is 9.59 Å². The maximum absolute atomic E-state index is 12.3. The highest BCUT2D eigenvalue weighted by atomic mass is 16.5. The van der Waals surface area contributed by atoms with Crippen LogP contribution in [0.25, 0.3) is 0 Å². The van der Waals surface area contributed by atoms with Crippen molar-refractivity contribution in [3.63, 3.8) is 0 Å². The van der Waals surface area contributed by atoms with Crippen LogP contribution in [0.3, 0.4) is 0 Å². The third-order valence-corrected chi connectivity index (χ3v) is 4.27. The molecule has 29 heavy (non-hydrogen) atoms. The Kier molecular flexibility index (Phi) is 6.37. The highest BCUT2D eigenvalue weighted by Crippen LogP contribution is 2.13. The Bertz CT molecular complexity index is 1010. The van der Waals surface area contributed by atoms with Gasteiger partial charge in [0.1, 0.15) is 5.75 Å². The highest BCUT2D eigenvalue weighted by Gasteiger charge is 2.08. The maximum Gasteiger partial charge on any atom is 0.271 e. The van der Waals surface area contributed by atoms with Crippen molar-refractivity contribution in [1.29, 1.82) is 0 Å². The molecule has 0 saturated carbocycles.